The third-order valence-corrected chi connectivity index (χ3v) is 4.29. The van der Waals surface area contributed by atoms with E-state index in [1.807, 2.05) is 18.2 Å². The lowest BCUT2D eigenvalue weighted by Gasteiger charge is -2.04. The van der Waals surface area contributed by atoms with E-state index in [-0.39, 0.29) is 0 Å². The van der Waals surface area contributed by atoms with Gasteiger partial charge in [0.2, 0.25) is 6.79 Å². The lowest BCUT2D eigenvalue weighted by molar-refractivity contribution is 0.174. The summed E-state index contributed by atoms with van der Waals surface area (Å²) in [4.78, 5) is 8.07. The maximum Gasteiger partial charge on any atom is 0.231 e. The van der Waals surface area contributed by atoms with Crippen LogP contribution in [0, 0.1) is 13.8 Å². The molecule has 1 aliphatic rings. The summed E-state index contributed by atoms with van der Waals surface area (Å²) < 4.78 is 10.7. The van der Waals surface area contributed by atoms with Gasteiger partial charge in [0.05, 0.1) is 17.6 Å². The van der Waals surface area contributed by atoms with E-state index in [0.717, 1.165) is 40.5 Å². The van der Waals surface area contributed by atoms with Gasteiger partial charge in [0.15, 0.2) is 11.5 Å². The molecule has 0 spiro atoms. The Morgan fingerprint density at radius 1 is 1.09 bits per heavy atom. The van der Waals surface area contributed by atoms with Crippen molar-refractivity contribution in [3.8, 4) is 11.5 Å². The molecule has 2 aromatic carbocycles. The molecule has 0 atom stereocenters. The number of nitrogens with zero attached hydrogens (tertiary/aromatic N) is 1. The van der Waals surface area contributed by atoms with Crippen molar-refractivity contribution in [3.63, 3.8) is 0 Å². The minimum atomic E-state index is 0.309. The van der Waals surface area contributed by atoms with E-state index in [1.165, 1.54) is 11.1 Å². The third kappa shape index (κ3) is 2.64. The first kappa shape index (κ1) is 14.1. The maximum absolute atomic E-state index is 5.40. The van der Waals surface area contributed by atoms with Gasteiger partial charge in [0.1, 0.15) is 5.82 Å². The van der Waals surface area contributed by atoms with Crippen molar-refractivity contribution in [3.05, 3.63) is 52.8 Å². The van der Waals surface area contributed by atoms with Crippen molar-refractivity contribution < 1.29 is 9.47 Å². The number of aryl methyl sites for hydroxylation is 2. The SMILES string of the molecule is Cc1ccc2[nH]c(CNCc3ccc4c(c3)OCO4)nc2c1C. The highest BCUT2D eigenvalue weighted by Crippen LogP contribution is 2.32. The molecule has 0 saturated heterocycles. The Morgan fingerprint density at radius 2 is 1.96 bits per heavy atom. The van der Waals surface area contributed by atoms with Crippen LogP contribution in [0.1, 0.15) is 22.5 Å². The number of hydrogen-bond acceptors (Lipinski definition) is 4. The van der Waals surface area contributed by atoms with Gasteiger partial charge in [-0.25, -0.2) is 4.98 Å². The first-order chi connectivity index (χ1) is 11.2. The fourth-order valence-electron chi connectivity index (χ4n) is 2.82. The van der Waals surface area contributed by atoms with Gasteiger partial charge in [-0.1, -0.05) is 12.1 Å². The normalized spacial score (nSPS) is 13.0. The van der Waals surface area contributed by atoms with Crippen molar-refractivity contribution in [2.24, 2.45) is 0 Å². The summed E-state index contributed by atoms with van der Waals surface area (Å²) in [7, 11) is 0. The summed E-state index contributed by atoms with van der Waals surface area (Å²) >= 11 is 0. The number of imidazole rings is 1. The molecule has 3 aromatic rings. The topological polar surface area (TPSA) is 59.2 Å². The number of fused-ring (bicyclic) bond motifs is 2. The molecule has 118 valence electrons. The van der Waals surface area contributed by atoms with Crippen molar-refractivity contribution in [1.29, 1.82) is 0 Å². The van der Waals surface area contributed by atoms with Gasteiger partial charge >= 0.3 is 0 Å². The first-order valence-electron chi connectivity index (χ1n) is 7.75. The molecule has 4 rings (SSSR count). The van der Waals surface area contributed by atoms with Gasteiger partial charge in [-0.2, -0.15) is 0 Å². The number of aromatic amines is 1. The Labute approximate surface area is 134 Å². The van der Waals surface area contributed by atoms with Crippen LogP contribution >= 0.6 is 0 Å². The van der Waals surface area contributed by atoms with Crippen molar-refractivity contribution in [2.75, 3.05) is 6.79 Å². The Kier molecular flexibility index (Phi) is 3.42. The minimum Gasteiger partial charge on any atom is -0.454 e. The Hall–Kier alpha value is -2.53. The molecular weight excluding hydrogens is 290 g/mol. The van der Waals surface area contributed by atoms with E-state index in [0.29, 0.717) is 13.3 Å². The molecule has 0 unspecified atom stereocenters. The molecule has 5 heteroatoms. The zero-order chi connectivity index (χ0) is 15.8. The first-order valence-corrected chi connectivity index (χ1v) is 7.75. The molecule has 0 bridgehead atoms. The summed E-state index contributed by atoms with van der Waals surface area (Å²) in [6.45, 7) is 5.99. The third-order valence-electron chi connectivity index (χ3n) is 4.29. The number of ether oxygens (including phenoxy) is 2. The molecule has 2 N–H and O–H groups in total. The molecule has 0 fully saturated rings. The van der Waals surface area contributed by atoms with Crippen LogP contribution in [-0.4, -0.2) is 16.8 Å². The Balaban J connectivity index is 1.44. The molecule has 0 saturated carbocycles. The zero-order valence-corrected chi connectivity index (χ0v) is 13.3. The van der Waals surface area contributed by atoms with E-state index in [2.05, 4.69) is 36.3 Å². The van der Waals surface area contributed by atoms with E-state index in [1.54, 1.807) is 0 Å². The molecular formula is C18H19N3O2. The smallest absolute Gasteiger partial charge is 0.231 e. The van der Waals surface area contributed by atoms with E-state index >= 15 is 0 Å². The van der Waals surface area contributed by atoms with Gasteiger partial charge in [-0.15, -0.1) is 0 Å². The average molecular weight is 309 g/mol. The lowest BCUT2D eigenvalue weighted by atomic mass is 10.1. The quantitative estimate of drug-likeness (QED) is 0.777. The summed E-state index contributed by atoms with van der Waals surface area (Å²) in [5, 5.41) is 3.41. The molecule has 0 aliphatic carbocycles. The fourth-order valence-corrected chi connectivity index (χ4v) is 2.82. The molecule has 0 radical (unpaired) electrons. The number of aromatic nitrogens is 2. The molecule has 5 nitrogen and oxygen atoms in total. The summed E-state index contributed by atoms with van der Waals surface area (Å²) in [6, 6.07) is 10.2. The number of nitrogens with one attached hydrogen (secondary N) is 2. The molecule has 1 aromatic heterocycles. The average Bonchev–Trinajstić information content (AvgIpc) is 3.17. The number of hydrogen-bond donors (Lipinski definition) is 2. The molecule has 23 heavy (non-hydrogen) atoms. The van der Waals surface area contributed by atoms with Crippen molar-refractivity contribution in [1.82, 2.24) is 15.3 Å². The van der Waals surface area contributed by atoms with Crippen LogP contribution in [0.3, 0.4) is 0 Å². The summed E-state index contributed by atoms with van der Waals surface area (Å²) in [6.07, 6.45) is 0. The molecule has 2 heterocycles. The monoisotopic (exact) mass is 309 g/mol. The second kappa shape index (κ2) is 5.59. The summed E-state index contributed by atoms with van der Waals surface area (Å²) in [5.74, 6) is 2.59. The van der Waals surface area contributed by atoms with E-state index in [9.17, 15) is 0 Å². The largest absolute Gasteiger partial charge is 0.454 e. The zero-order valence-electron chi connectivity index (χ0n) is 13.3. The number of H-pyrrole nitrogens is 1. The molecule has 1 aliphatic heterocycles. The van der Waals surface area contributed by atoms with Gasteiger partial charge in [-0.3, -0.25) is 0 Å². The number of benzene rings is 2. The van der Waals surface area contributed by atoms with Crippen LogP contribution in [0.4, 0.5) is 0 Å². The highest BCUT2D eigenvalue weighted by Gasteiger charge is 2.13. The van der Waals surface area contributed by atoms with Crippen molar-refractivity contribution in [2.45, 2.75) is 26.9 Å². The molecule has 0 amide bonds. The maximum atomic E-state index is 5.40. The standard InChI is InChI=1S/C18H19N3O2/c1-11-3-5-14-18(12(11)2)21-17(20-14)9-19-8-13-4-6-15-16(7-13)23-10-22-15/h3-7,19H,8-10H2,1-2H3,(H,20,21). The summed E-state index contributed by atoms with van der Waals surface area (Å²) in [5.41, 5.74) is 5.82. The minimum absolute atomic E-state index is 0.309. The second-order valence-electron chi connectivity index (χ2n) is 5.88. The van der Waals surface area contributed by atoms with Gasteiger partial charge in [0, 0.05) is 6.54 Å². The predicted octanol–water partition coefficient (Wildman–Crippen LogP) is 3.20. The second-order valence-corrected chi connectivity index (χ2v) is 5.88. The fraction of sp³-hybridized carbons (Fsp3) is 0.278. The van der Waals surface area contributed by atoms with Gasteiger partial charge in [-0.05, 0) is 48.7 Å². The van der Waals surface area contributed by atoms with Crippen LogP contribution in [0.2, 0.25) is 0 Å². The predicted molar refractivity (Wildman–Crippen MR) is 88.7 cm³/mol. The van der Waals surface area contributed by atoms with E-state index < -0.39 is 0 Å². The van der Waals surface area contributed by atoms with Crippen LogP contribution in [-0.2, 0) is 13.1 Å². The Bertz CT molecular complexity index is 870. The van der Waals surface area contributed by atoms with Crippen LogP contribution in [0.5, 0.6) is 11.5 Å². The van der Waals surface area contributed by atoms with Crippen LogP contribution in [0.25, 0.3) is 11.0 Å². The van der Waals surface area contributed by atoms with Gasteiger partial charge < -0.3 is 19.8 Å². The van der Waals surface area contributed by atoms with Gasteiger partial charge in [0.25, 0.3) is 0 Å². The Morgan fingerprint density at radius 3 is 2.87 bits per heavy atom. The van der Waals surface area contributed by atoms with E-state index in [4.69, 9.17) is 14.5 Å². The van der Waals surface area contributed by atoms with Crippen molar-refractivity contribution >= 4 is 11.0 Å². The van der Waals surface area contributed by atoms with Crippen LogP contribution < -0.4 is 14.8 Å². The highest BCUT2D eigenvalue weighted by atomic mass is 16.7. The lowest BCUT2D eigenvalue weighted by Crippen LogP contribution is -2.13. The van der Waals surface area contributed by atoms with Crippen LogP contribution in [0.15, 0.2) is 30.3 Å². The number of rotatable bonds is 4. The highest BCUT2D eigenvalue weighted by molar-refractivity contribution is 5.79.